The van der Waals surface area contributed by atoms with Crippen molar-refractivity contribution in [2.75, 3.05) is 20.9 Å². The number of carbonyl (C=O) groups excluding carboxylic acids is 2. The van der Waals surface area contributed by atoms with Crippen molar-refractivity contribution in [1.29, 1.82) is 0 Å². The number of nitrogens with one attached hydrogen (secondary N) is 1. The first-order chi connectivity index (χ1) is 15.9. The Bertz CT molecular complexity index is 1070. The van der Waals surface area contributed by atoms with Crippen LogP contribution in [0.1, 0.15) is 36.3 Å². The van der Waals surface area contributed by atoms with Crippen molar-refractivity contribution in [1.82, 2.24) is 5.32 Å². The van der Waals surface area contributed by atoms with Crippen LogP contribution in [0.2, 0.25) is 5.02 Å². The number of carbonyl (C=O) groups is 3. The van der Waals surface area contributed by atoms with Crippen molar-refractivity contribution in [2.24, 2.45) is 0 Å². The molecule has 1 heterocycles. The molecule has 0 aromatic heterocycles. The molecule has 7 nitrogen and oxygen atoms in total. The van der Waals surface area contributed by atoms with E-state index in [-0.39, 0.29) is 25.0 Å². The van der Waals surface area contributed by atoms with Crippen LogP contribution >= 0.6 is 11.6 Å². The van der Waals surface area contributed by atoms with Crippen molar-refractivity contribution < 1.29 is 50.9 Å². The summed E-state index contributed by atoms with van der Waals surface area (Å²) in [5.41, 5.74) is -5.61. The fourth-order valence-electron chi connectivity index (χ4n) is 3.65. The first kappa shape index (κ1) is 27.1. The van der Waals surface area contributed by atoms with E-state index in [2.05, 4.69) is 14.8 Å². The summed E-state index contributed by atoms with van der Waals surface area (Å²) in [6.45, 7) is -1.45. The largest absolute Gasteiger partial charge is 0.478 e. The highest BCUT2D eigenvalue weighted by Gasteiger charge is 2.46. The van der Waals surface area contributed by atoms with Crippen molar-refractivity contribution in [3.05, 3.63) is 56.6 Å². The van der Waals surface area contributed by atoms with Gasteiger partial charge in [0.1, 0.15) is 12.5 Å². The van der Waals surface area contributed by atoms with Crippen LogP contribution in [0.25, 0.3) is 0 Å². The number of carboxylic acids is 1. The third-order valence-corrected chi connectivity index (χ3v) is 5.36. The third kappa shape index (κ3) is 5.49. The van der Waals surface area contributed by atoms with Gasteiger partial charge < -0.3 is 19.9 Å². The maximum Gasteiger partial charge on any atom is 0.418 e. The lowest BCUT2D eigenvalue weighted by atomic mass is 9.77. The smallest absolute Gasteiger partial charge is 0.418 e. The molecule has 1 atom stereocenters. The van der Waals surface area contributed by atoms with E-state index in [1.54, 1.807) is 0 Å². The molecule has 2 rings (SSSR count). The highest BCUT2D eigenvalue weighted by Crippen LogP contribution is 2.48. The molecule has 1 unspecified atom stereocenters. The van der Waals surface area contributed by atoms with Gasteiger partial charge in [-0.1, -0.05) is 11.6 Å². The number of halogens is 6. The predicted molar refractivity (Wildman–Crippen MR) is 108 cm³/mol. The van der Waals surface area contributed by atoms with Crippen molar-refractivity contribution in [3.63, 3.8) is 0 Å². The number of dihydropyridines is 1. The third-order valence-electron chi connectivity index (χ3n) is 5.05. The number of esters is 2. The zero-order valence-corrected chi connectivity index (χ0v) is 18.6. The highest BCUT2D eigenvalue weighted by atomic mass is 35.5. The molecule has 186 valence electrons. The fourth-order valence-corrected chi connectivity index (χ4v) is 3.93. The van der Waals surface area contributed by atoms with Crippen LogP contribution in [-0.4, -0.2) is 43.9 Å². The van der Waals surface area contributed by atoms with Gasteiger partial charge in [-0.15, -0.1) is 0 Å². The second-order valence-corrected chi connectivity index (χ2v) is 7.43. The predicted octanol–water partition coefficient (Wildman–Crippen LogP) is 4.26. The quantitative estimate of drug-likeness (QED) is 0.397. The summed E-state index contributed by atoms with van der Waals surface area (Å²) in [6, 6.07) is 1.21. The normalized spacial score (nSPS) is 16.3. The zero-order chi connectivity index (χ0) is 25.8. The van der Waals surface area contributed by atoms with Gasteiger partial charge in [0.15, 0.2) is 0 Å². The topological polar surface area (TPSA) is 102 Å². The summed E-state index contributed by atoms with van der Waals surface area (Å²) < 4.78 is 79.6. The monoisotopic (exact) mass is 511 g/mol. The lowest BCUT2D eigenvalue weighted by Crippen LogP contribution is -2.35. The number of hydrogen-bond acceptors (Lipinski definition) is 6. The molecule has 0 fully saturated rings. The first-order valence-electron chi connectivity index (χ1n) is 9.61. The number of alkyl halides is 4. The molecule has 0 amide bonds. The molecule has 1 aromatic rings. The SMILES string of the molecule is COC(=O)CCCC1=C(C(=O)O)C(c2c(F)ccc(Cl)c2C(F)(F)F)C(C(=O)OC)=C(CF)N1. The fraction of sp³-hybridized carbons (Fsp3) is 0.381. The molecule has 0 spiro atoms. The standard InChI is InChI=1S/C21H19ClF5NO6/c1-33-13(29)5-3-4-11-15(19(30)31)17(16(20(32)34-2)12(8-23)28-11)14-10(24)7-6-9(22)18(14)21(25,26)27/h6-7,17,28H,3-5,8H2,1-2H3,(H,30,31). The molecule has 13 heteroatoms. The number of carboxylic acid groups (broad SMARTS) is 1. The molecule has 34 heavy (non-hydrogen) atoms. The van der Waals surface area contributed by atoms with Gasteiger partial charge in [0.05, 0.1) is 47.6 Å². The molecule has 1 aliphatic rings. The molecule has 1 aliphatic heterocycles. The number of allylic oxidation sites excluding steroid dienone is 2. The van der Waals surface area contributed by atoms with E-state index >= 15 is 0 Å². The van der Waals surface area contributed by atoms with E-state index in [0.717, 1.165) is 14.2 Å². The van der Waals surface area contributed by atoms with Gasteiger partial charge in [0, 0.05) is 17.7 Å². The minimum Gasteiger partial charge on any atom is -0.478 e. The van der Waals surface area contributed by atoms with Gasteiger partial charge in [0.2, 0.25) is 0 Å². The lowest BCUT2D eigenvalue weighted by molar-refractivity contribution is -0.141. The van der Waals surface area contributed by atoms with Crippen LogP contribution in [0.3, 0.4) is 0 Å². The first-order valence-corrected chi connectivity index (χ1v) is 9.99. The summed E-state index contributed by atoms with van der Waals surface area (Å²) >= 11 is 5.71. The van der Waals surface area contributed by atoms with E-state index in [1.807, 2.05) is 0 Å². The Kier molecular flexibility index (Phi) is 8.65. The number of methoxy groups -OCH3 is 2. The molecular formula is C21H19ClF5NO6. The van der Waals surface area contributed by atoms with Crippen LogP contribution in [-0.2, 0) is 30.0 Å². The van der Waals surface area contributed by atoms with Gasteiger partial charge in [-0.3, -0.25) is 4.79 Å². The highest BCUT2D eigenvalue weighted by molar-refractivity contribution is 6.31. The number of rotatable bonds is 8. The van der Waals surface area contributed by atoms with Gasteiger partial charge in [-0.05, 0) is 25.0 Å². The molecule has 1 aromatic carbocycles. The van der Waals surface area contributed by atoms with Crippen molar-refractivity contribution in [2.45, 2.75) is 31.4 Å². The Morgan fingerprint density at radius 3 is 2.26 bits per heavy atom. The van der Waals surface area contributed by atoms with E-state index < -0.39 is 75.5 Å². The summed E-state index contributed by atoms with van der Waals surface area (Å²) in [5.74, 6) is -7.57. The van der Waals surface area contributed by atoms with E-state index in [0.29, 0.717) is 12.1 Å². The second-order valence-electron chi connectivity index (χ2n) is 7.02. The second kappa shape index (κ2) is 10.9. The minimum absolute atomic E-state index is 0.0458. The molecule has 0 saturated carbocycles. The van der Waals surface area contributed by atoms with E-state index in [4.69, 9.17) is 11.6 Å². The maximum atomic E-state index is 15.0. The van der Waals surface area contributed by atoms with E-state index in [1.165, 1.54) is 0 Å². The number of ether oxygens (including phenoxy) is 2. The molecule has 0 aliphatic carbocycles. The summed E-state index contributed by atoms with van der Waals surface area (Å²) in [5, 5.41) is 11.3. The molecule has 0 radical (unpaired) electrons. The van der Waals surface area contributed by atoms with Crippen molar-refractivity contribution >= 4 is 29.5 Å². The number of benzene rings is 1. The van der Waals surface area contributed by atoms with Crippen LogP contribution in [0.5, 0.6) is 0 Å². The maximum absolute atomic E-state index is 15.0. The Labute approximate surface area is 195 Å². The average molecular weight is 512 g/mol. The Morgan fingerprint density at radius 1 is 1.12 bits per heavy atom. The minimum atomic E-state index is -5.26. The molecule has 0 bridgehead atoms. The van der Waals surface area contributed by atoms with Gasteiger partial charge >= 0.3 is 24.1 Å². The summed E-state index contributed by atoms with van der Waals surface area (Å²) in [7, 11) is 1.96. The van der Waals surface area contributed by atoms with Gasteiger partial charge in [-0.2, -0.15) is 13.2 Å². The van der Waals surface area contributed by atoms with Crippen LogP contribution in [0.15, 0.2) is 34.7 Å². The van der Waals surface area contributed by atoms with Crippen molar-refractivity contribution in [3.8, 4) is 0 Å². The van der Waals surface area contributed by atoms with Gasteiger partial charge in [0.25, 0.3) is 0 Å². The van der Waals surface area contributed by atoms with Crippen LogP contribution in [0, 0.1) is 5.82 Å². The van der Waals surface area contributed by atoms with Crippen LogP contribution in [0.4, 0.5) is 22.0 Å². The average Bonchev–Trinajstić information content (AvgIpc) is 2.77. The molecule has 2 N–H and O–H groups in total. The number of hydrogen-bond donors (Lipinski definition) is 2. The summed E-state index contributed by atoms with van der Waals surface area (Å²) in [4.78, 5) is 36.1. The van der Waals surface area contributed by atoms with E-state index in [9.17, 15) is 41.4 Å². The summed E-state index contributed by atoms with van der Waals surface area (Å²) in [6.07, 6.45) is -5.77. The number of aliphatic carboxylic acids is 1. The Morgan fingerprint density at radius 2 is 1.76 bits per heavy atom. The van der Waals surface area contributed by atoms with Gasteiger partial charge in [-0.25, -0.2) is 18.4 Å². The molecule has 0 saturated heterocycles. The lowest BCUT2D eigenvalue weighted by Gasteiger charge is -2.32. The zero-order valence-electron chi connectivity index (χ0n) is 17.8. The molecular weight excluding hydrogens is 493 g/mol. The Balaban J connectivity index is 2.89. The Hall–Kier alpha value is -3.15. The van der Waals surface area contributed by atoms with Crippen LogP contribution < -0.4 is 5.32 Å².